The highest BCUT2D eigenvalue weighted by molar-refractivity contribution is 7.18. The van der Waals surface area contributed by atoms with Gasteiger partial charge in [-0.1, -0.05) is 0 Å². The fourth-order valence-corrected chi connectivity index (χ4v) is 3.69. The highest BCUT2D eigenvalue weighted by Gasteiger charge is 2.16. The van der Waals surface area contributed by atoms with E-state index in [4.69, 9.17) is 5.73 Å². The minimum atomic E-state index is -1.12. The topological polar surface area (TPSA) is 107 Å². The van der Waals surface area contributed by atoms with E-state index in [1.807, 2.05) is 13.8 Å². The summed E-state index contributed by atoms with van der Waals surface area (Å²) in [6.45, 7) is 3.76. The Morgan fingerprint density at radius 1 is 1.25 bits per heavy atom. The molecule has 0 bridgehead atoms. The summed E-state index contributed by atoms with van der Waals surface area (Å²) in [5.41, 5.74) is 4.70. The van der Waals surface area contributed by atoms with Crippen LogP contribution in [0.25, 0.3) is 10.2 Å². The summed E-state index contributed by atoms with van der Waals surface area (Å²) in [7, 11) is 0. The smallest absolute Gasteiger partial charge is 0.262 e. The van der Waals surface area contributed by atoms with Crippen LogP contribution in [-0.2, 0) is 11.3 Å². The SMILES string of the molecule is Cc1sc2ncn(CCC(=O)Nc3cc(C(N)=O)c(F)cc3F)c(=O)c2c1C. The zero-order valence-corrected chi connectivity index (χ0v) is 15.8. The van der Waals surface area contributed by atoms with Crippen LogP contribution in [0.5, 0.6) is 0 Å². The molecule has 146 valence electrons. The summed E-state index contributed by atoms with van der Waals surface area (Å²) in [5.74, 6) is -3.86. The zero-order valence-electron chi connectivity index (χ0n) is 15.0. The number of hydrogen-bond acceptors (Lipinski definition) is 5. The number of aromatic nitrogens is 2. The Morgan fingerprint density at radius 3 is 2.64 bits per heavy atom. The van der Waals surface area contributed by atoms with Crippen LogP contribution < -0.4 is 16.6 Å². The van der Waals surface area contributed by atoms with Crippen LogP contribution in [0.3, 0.4) is 0 Å². The molecule has 1 aromatic carbocycles. The minimum Gasteiger partial charge on any atom is -0.366 e. The first-order valence-electron chi connectivity index (χ1n) is 8.23. The van der Waals surface area contributed by atoms with E-state index in [2.05, 4.69) is 10.3 Å². The molecular formula is C18H16F2N4O3S. The molecule has 0 atom stereocenters. The number of amides is 2. The number of thiophene rings is 1. The van der Waals surface area contributed by atoms with Gasteiger partial charge in [-0.25, -0.2) is 13.8 Å². The van der Waals surface area contributed by atoms with Gasteiger partial charge in [0.2, 0.25) is 5.91 Å². The summed E-state index contributed by atoms with van der Waals surface area (Å²) in [5, 5.41) is 2.77. The number of nitrogens with one attached hydrogen (secondary N) is 1. The molecule has 0 saturated carbocycles. The highest BCUT2D eigenvalue weighted by Crippen LogP contribution is 2.25. The number of carbonyl (C=O) groups is 2. The molecule has 0 unspecified atom stereocenters. The summed E-state index contributed by atoms with van der Waals surface area (Å²) in [4.78, 5) is 41.7. The molecule has 3 rings (SSSR count). The lowest BCUT2D eigenvalue weighted by Crippen LogP contribution is -2.24. The van der Waals surface area contributed by atoms with Crippen molar-refractivity contribution in [2.45, 2.75) is 26.8 Å². The molecular weight excluding hydrogens is 390 g/mol. The number of rotatable bonds is 5. The fourth-order valence-electron chi connectivity index (χ4n) is 2.70. The number of hydrogen-bond donors (Lipinski definition) is 2. The number of nitrogens with two attached hydrogens (primary N) is 1. The van der Waals surface area contributed by atoms with Gasteiger partial charge in [-0.15, -0.1) is 11.3 Å². The molecule has 0 aliphatic heterocycles. The lowest BCUT2D eigenvalue weighted by atomic mass is 10.1. The third-order valence-electron chi connectivity index (χ3n) is 4.33. The number of primary amides is 1. The molecule has 3 N–H and O–H groups in total. The Kier molecular flexibility index (Phi) is 5.23. The van der Waals surface area contributed by atoms with E-state index >= 15 is 0 Å². The minimum absolute atomic E-state index is 0.0213. The summed E-state index contributed by atoms with van der Waals surface area (Å²) >= 11 is 1.42. The van der Waals surface area contributed by atoms with Gasteiger partial charge in [0.05, 0.1) is 23.0 Å². The number of anilines is 1. The number of halogens is 2. The Morgan fingerprint density at radius 2 is 1.96 bits per heavy atom. The third kappa shape index (κ3) is 3.63. The van der Waals surface area contributed by atoms with Crippen molar-refractivity contribution in [3.05, 3.63) is 56.5 Å². The highest BCUT2D eigenvalue weighted by atomic mass is 32.1. The van der Waals surface area contributed by atoms with Crippen molar-refractivity contribution in [3.8, 4) is 0 Å². The molecule has 28 heavy (non-hydrogen) atoms. The van der Waals surface area contributed by atoms with Gasteiger partial charge in [0.15, 0.2) is 0 Å². The maximum absolute atomic E-state index is 13.8. The van der Waals surface area contributed by atoms with Gasteiger partial charge in [0.1, 0.15) is 16.5 Å². The number of fused-ring (bicyclic) bond motifs is 1. The number of carbonyl (C=O) groups excluding carboxylic acids is 2. The molecule has 2 aromatic heterocycles. The van der Waals surface area contributed by atoms with Crippen molar-refractivity contribution in [1.82, 2.24) is 9.55 Å². The molecule has 0 aliphatic carbocycles. The predicted octanol–water partition coefficient (Wildman–Crippen LogP) is 2.48. The molecule has 7 nitrogen and oxygen atoms in total. The van der Waals surface area contributed by atoms with Crippen LogP contribution in [0.2, 0.25) is 0 Å². The lowest BCUT2D eigenvalue weighted by molar-refractivity contribution is -0.116. The molecule has 0 fully saturated rings. The summed E-state index contributed by atoms with van der Waals surface area (Å²) < 4.78 is 28.6. The zero-order chi connectivity index (χ0) is 20.6. The quantitative estimate of drug-likeness (QED) is 0.679. The van der Waals surface area contributed by atoms with Crippen LogP contribution >= 0.6 is 11.3 Å². The van der Waals surface area contributed by atoms with Crippen LogP contribution in [0, 0.1) is 25.5 Å². The summed E-state index contributed by atoms with van der Waals surface area (Å²) in [6.07, 6.45) is 1.20. The molecule has 0 spiro atoms. The lowest BCUT2D eigenvalue weighted by Gasteiger charge is -2.09. The molecule has 3 aromatic rings. The second-order valence-corrected chi connectivity index (χ2v) is 7.38. The molecule has 0 aliphatic rings. The van der Waals surface area contributed by atoms with Gasteiger partial charge in [-0.2, -0.15) is 0 Å². The standard InChI is InChI=1S/C18H16F2N4O3S/c1-8-9(2)28-17-15(8)18(27)24(7-22-17)4-3-14(25)23-13-5-10(16(21)26)11(19)6-12(13)20/h5-7H,3-4H2,1-2H3,(H2,21,26)(H,23,25). The fraction of sp³-hybridized carbons (Fsp3) is 0.222. The average Bonchev–Trinajstić information content (AvgIpc) is 2.91. The first kappa shape index (κ1) is 19.6. The Balaban J connectivity index is 1.77. The van der Waals surface area contributed by atoms with Crippen molar-refractivity contribution < 1.29 is 18.4 Å². The Bertz CT molecular complexity index is 1170. The molecule has 10 heteroatoms. The van der Waals surface area contributed by atoms with E-state index in [0.29, 0.717) is 16.3 Å². The Labute approximate surface area is 161 Å². The molecule has 2 heterocycles. The monoisotopic (exact) mass is 406 g/mol. The Hall–Kier alpha value is -3.14. The maximum Gasteiger partial charge on any atom is 0.262 e. The first-order valence-corrected chi connectivity index (χ1v) is 9.04. The second-order valence-electron chi connectivity index (χ2n) is 6.18. The van der Waals surface area contributed by atoms with E-state index in [9.17, 15) is 23.2 Å². The number of benzene rings is 1. The summed E-state index contributed by atoms with van der Waals surface area (Å²) in [6, 6.07) is 1.31. The van der Waals surface area contributed by atoms with Gasteiger partial charge >= 0.3 is 0 Å². The van der Waals surface area contributed by atoms with Crippen molar-refractivity contribution >= 4 is 39.1 Å². The van der Waals surface area contributed by atoms with Crippen molar-refractivity contribution in [1.29, 1.82) is 0 Å². The number of aryl methyl sites for hydroxylation is 3. The van der Waals surface area contributed by atoms with Gasteiger partial charge in [0.25, 0.3) is 11.5 Å². The van der Waals surface area contributed by atoms with Crippen LogP contribution in [0.4, 0.5) is 14.5 Å². The first-order chi connectivity index (χ1) is 13.2. The van der Waals surface area contributed by atoms with Crippen molar-refractivity contribution in [2.24, 2.45) is 5.73 Å². The van der Waals surface area contributed by atoms with E-state index in [1.165, 1.54) is 22.2 Å². The predicted molar refractivity (Wildman–Crippen MR) is 101 cm³/mol. The normalized spacial score (nSPS) is 11.0. The largest absolute Gasteiger partial charge is 0.366 e. The van der Waals surface area contributed by atoms with E-state index in [-0.39, 0.29) is 24.2 Å². The van der Waals surface area contributed by atoms with Gasteiger partial charge in [-0.3, -0.25) is 19.0 Å². The molecule has 0 saturated heterocycles. The van der Waals surface area contributed by atoms with E-state index in [0.717, 1.165) is 16.5 Å². The van der Waals surface area contributed by atoms with Crippen LogP contribution in [0.1, 0.15) is 27.2 Å². The van der Waals surface area contributed by atoms with E-state index < -0.39 is 29.0 Å². The van der Waals surface area contributed by atoms with Crippen LogP contribution in [-0.4, -0.2) is 21.4 Å². The van der Waals surface area contributed by atoms with Gasteiger partial charge in [-0.05, 0) is 25.5 Å². The third-order valence-corrected chi connectivity index (χ3v) is 5.45. The average molecular weight is 406 g/mol. The number of nitrogens with zero attached hydrogens (tertiary/aromatic N) is 2. The van der Waals surface area contributed by atoms with Crippen LogP contribution in [0.15, 0.2) is 23.3 Å². The van der Waals surface area contributed by atoms with Crippen molar-refractivity contribution in [3.63, 3.8) is 0 Å². The van der Waals surface area contributed by atoms with Crippen molar-refractivity contribution in [2.75, 3.05) is 5.32 Å². The maximum atomic E-state index is 13.8. The molecule has 0 radical (unpaired) electrons. The van der Waals surface area contributed by atoms with E-state index in [1.54, 1.807) is 0 Å². The van der Waals surface area contributed by atoms with Gasteiger partial charge < -0.3 is 11.1 Å². The molecule has 2 amide bonds. The van der Waals surface area contributed by atoms with Gasteiger partial charge in [0, 0.05) is 23.9 Å². The second kappa shape index (κ2) is 7.47.